The molecule has 0 atom stereocenters. The third-order valence-corrected chi connectivity index (χ3v) is 9.96. The first-order valence-corrected chi connectivity index (χ1v) is 20.1. The molecule has 6 aromatic carbocycles. The van der Waals surface area contributed by atoms with Crippen molar-refractivity contribution in [2.75, 3.05) is 0 Å². The van der Waals surface area contributed by atoms with Gasteiger partial charge in [0.15, 0.2) is 0 Å². The number of unbranched alkanes of at least 4 members (excludes halogenated alkanes) is 2. The highest BCUT2D eigenvalue weighted by Gasteiger charge is 2.31. The topological polar surface area (TPSA) is 18.5 Å². The van der Waals surface area contributed by atoms with Gasteiger partial charge >= 0.3 is 12.7 Å². The molecule has 0 spiro atoms. The minimum Gasteiger partial charge on any atom is -0.406 e. The van der Waals surface area contributed by atoms with Gasteiger partial charge in [-0.25, -0.2) is 8.78 Å². The Kier molecular flexibility index (Phi) is 16.3. The van der Waals surface area contributed by atoms with Crippen LogP contribution in [0.25, 0.3) is 22.3 Å². The number of ether oxygens (including phenoxy) is 2. The van der Waals surface area contributed by atoms with Crippen molar-refractivity contribution in [1.29, 1.82) is 0 Å². The molecule has 0 fully saturated rings. The third-order valence-electron chi connectivity index (χ3n) is 9.96. The van der Waals surface area contributed by atoms with E-state index in [0.29, 0.717) is 36.8 Å². The van der Waals surface area contributed by atoms with E-state index in [9.17, 15) is 35.1 Å². The van der Waals surface area contributed by atoms with Crippen LogP contribution in [0.1, 0.15) is 72.9 Å². The van der Waals surface area contributed by atoms with Gasteiger partial charge in [-0.15, -0.1) is 26.3 Å². The van der Waals surface area contributed by atoms with Crippen molar-refractivity contribution in [3.8, 4) is 33.8 Å². The zero-order chi connectivity index (χ0) is 43.1. The van der Waals surface area contributed by atoms with Crippen LogP contribution < -0.4 is 9.47 Å². The molecular weight excluding hydrogens is 785 g/mol. The molecule has 0 radical (unpaired) electrons. The monoisotopic (exact) mass is 832 g/mol. The summed E-state index contributed by atoms with van der Waals surface area (Å²) in [6.45, 7) is 4.22. The van der Waals surface area contributed by atoms with Crippen LogP contribution in [0.2, 0.25) is 0 Å². The lowest BCUT2D eigenvalue weighted by Gasteiger charge is -2.10. The number of rotatable bonds is 16. The van der Waals surface area contributed by atoms with E-state index in [1.54, 1.807) is 36.4 Å². The van der Waals surface area contributed by atoms with Gasteiger partial charge in [0.2, 0.25) is 0 Å². The molecule has 60 heavy (non-hydrogen) atoms. The van der Waals surface area contributed by atoms with E-state index in [4.69, 9.17) is 0 Å². The molecule has 2 nitrogen and oxygen atoms in total. The van der Waals surface area contributed by atoms with Crippen LogP contribution in [0.5, 0.6) is 11.5 Å². The lowest BCUT2D eigenvalue weighted by molar-refractivity contribution is -0.275. The summed E-state index contributed by atoms with van der Waals surface area (Å²) in [5.41, 5.74) is 9.00. The Balaban J connectivity index is 0.000000228. The number of halogens is 8. The molecule has 10 heteroatoms. The Bertz CT molecular complexity index is 2210. The average molecular weight is 833 g/mol. The molecule has 6 rings (SSSR count). The highest BCUT2D eigenvalue weighted by atomic mass is 19.4. The maximum absolute atomic E-state index is 14.4. The van der Waals surface area contributed by atoms with Gasteiger partial charge in [0.25, 0.3) is 0 Å². The minimum absolute atomic E-state index is 0.146. The van der Waals surface area contributed by atoms with Crippen molar-refractivity contribution >= 4 is 0 Å². The van der Waals surface area contributed by atoms with E-state index in [1.807, 2.05) is 72.8 Å². The molecule has 6 aromatic rings. The maximum atomic E-state index is 14.4. The molecule has 0 aromatic heterocycles. The zero-order valence-corrected chi connectivity index (χ0v) is 33.6. The quantitative estimate of drug-likeness (QED) is 0.0714. The van der Waals surface area contributed by atoms with E-state index < -0.39 is 12.7 Å². The van der Waals surface area contributed by atoms with Crippen LogP contribution in [0.15, 0.2) is 133 Å². The number of aryl methyl sites for hydroxylation is 6. The Morgan fingerprint density at radius 1 is 0.367 bits per heavy atom. The molecule has 0 N–H and O–H groups in total. The van der Waals surface area contributed by atoms with Crippen LogP contribution in [0.3, 0.4) is 0 Å². The van der Waals surface area contributed by atoms with E-state index in [-0.39, 0.29) is 23.1 Å². The molecule has 0 unspecified atom stereocenters. The average Bonchev–Trinajstić information content (AvgIpc) is 3.21. The summed E-state index contributed by atoms with van der Waals surface area (Å²) in [4.78, 5) is 0. The van der Waals surface area contributed by atoms with Gasteiger partial charge in [-0.2, -0.15) is 0 Å². The van der Waals surface area contributed by atoms with Gasteiger partial charge in [0, 0.05) is 0 Å². The fourth-order valence-electron chi connectivity index (χ4n) is 6.75. The largest absolute Gasteiger partial charge is 0.573 e. The molecule has 0 bridgehead atoms. The summed E-state index contributed by atoms with van der Waals surface area (Å²) in [7, 11) is 0. The van der Waals surface area contributed by atoms with Crippen molar-refractivity contribution in [1.82, 2.24) is 0 Å². The van der Waals surface area contributed by atoms with Gasteiger partial charge in [0.05, 0.1) is 0 Å². The van der Waals surface area contributed by atoms with E-state index in [0.717, 1.165) is 83.0 Å². The first-order valence-electron chi connectivity index (χ1n) is 20.1. The minimum atomic E-state index is -4.70. The molecular formula is C50H48F8O2. The van der Waals surface area contributed by atoms with Crippen LogP contribution in [-0.4, -0.2) is 12.7 Å². The van der Waals surface area contributed by atoms with Gasteiger partial charge in [-0.1, -0.05) is 130 Å². The zero-order valence-electron chi connectivity index (χ0n) is 33.6. The van der Waals surface area contributed by atoms with Crippen molar-refractivity contribution in [2.24, 2.45) is 0 Å². The SMILES string of the molecule is CCCCCc1ccc(CCc2ccc(-c3ccc(OC(F)(F)F)cc3)cc2)c(F)c1.CCCc1ccc(CCc2ccc(-c3ccc(OC(F)(F)F)cc3)cc2)c(F)c1. The van der Waals surface area contributed by atoms with Crippen molar-refractivity contribution < 1.29 is 44.6 Å². The number of hydrogen-bond acceptors (Lipinski definition) is 2. The van der Waals surface area contributed by atoms with Crippen molar-refractivity contribution in [3.63, 3.8) is 0 Å². The Hall–Kier alpha value is -5.64. The summed E-state index contributed by atoms with van der Waals surface area (Å²) < 4.78 is 110. The second-order valence-corrected chi connectivity index (χ2v) is 14.6. The molecule has 316 valence electrons. The lowest BCUT2D eigenvalue weighted by atomic mass is 9.98. The van der Waals surface area contributed by atoms with E-state index in [1.165, 1.54) is 24.3 Å². The highest BCUT2D eigenvalue weighted by Crippen LogP contribution is 2.29. The Morgan fingerprint density at radius 3 is 1.05 bits per heavy atom. The van der Waals surface area contributed by atoms with Gasteiger partial charge in [-0.3, -0.25) is 0 Å². The summed E-state index contributed by atoms with van der Waals surface area (Å²) in [5.74, 6) is -0.795. The lowest BCUT2D eigenvalue weighted by Crippen LogP contribution is -2.16. The van der Waals surface area contributed by atoms with Crippen molar-refractivity contribution in [2.45, 2.75) is 90.8 Å². The molecule has 0 aliphatic carbocycles. The summed E-state index contributed by atoms with van der Waals surface area (Å²) in [6, 6.07) is 38.1. The Morgan fingerprint density at radius 2 is 0.717 bits per heavy atom. The van der Waals surface area contributed by atoms with Crippen LogP contribution in [-0.2, 0) is 38.5 Å². The molecule has 0 saturated carbocycles. The highest BCUT2D eigenvalue weighted by molar-refractivity contribution is 5.65. The first kappa shape index (κ1) is 45.4. The summed E-state index contributed by atoms with van der Waals surface area (Å²) >= 11 is 0. The Labute approximate surface area is 346 Å². The van der Waals surface area contributed by atoms with Crippen molar-refractivity contribution in [3.05, 3.63) is 178 Å². The fourth-order valence-corrected chi connectivity index (χ4v) is 6.75. The van der Waals surface area contributed by atoms with E-state index in [2.05, 4.69) is 23.3 Å². The molecule has 0 aliphatic rings. The predicted octanol–water partition coefficient (Wildman–Crippen LogP) is 15.0. The smallest absolute Gasteiger partial charge is 0.406 e. The molecule has 0 amide bonds. The summed E-state index contributed by atoms with van der Waals surface area (Å²) in [6.07, 6.45) is -0.571. The van der Waals surface area contributed by atoms with Crippen LogP contribution >= 0.6 is 0 Å². The number of hydrogen-bond donors (Lipinski definition) is 0. The fraction of sp³-hybridized carbons (Fsp3) is 0.280. The van der Waals surface area contributed by atoms with Gasteiger partial charge in [-0.05, 0) is 137 Å². The predicted molar refractivity (Wildman–Crippen MR) is 222 cm³/mol. The van der Waals surface area contributed by atoms with Gasteiger partial charge in [0.1, 0.15) is 23.1 Å². The standard InChI is InChI=1S/C26H26F4O.C24H22F4O/c1-2-3-4-5-20-9-13-23(25(27)18-20)12-8-19-6-10-21(11-7-19)22-14-16-24(17-15-22)31-26(28,29)30;1-2-3-18-7-11-21(23(25)16-18)10-6-17-4-8-19(9-5-17)20-12-14-22(15-13-20)29-24(26,27)28/h6-7,9-11,13-18H,2-5,8,12H2,1H3;4-5,7-9,11-16H,2-3,6,10H2,1H3. The maximum Gasteiger partial charge on any atom is 0.573 e. The molecule has 0 aliphatic heterocycles. The number of benzene rings is 6. The third kappa shape index (κ3) is 14.9. The summed E-state index contributed by atoms with van der Waals surface area (Å²) in [5, 5.41) is 0. The van der Waals surface area contributed by atoms with Crippen LogP contribution in [0, 0.1) is 11.6 Å². The molecule has 0 saturated heterocycles. The second kappa shape index (κ2) is 21.6. The van der Waals surface area contributed by atoms with Gasteiger partial charge < -0.3 is 9.47 Å². The van der Waals surface area contributed by atoms with E-state index >= 15 is 0 Å². The normalized spacial score (nSPS) is 11.5. The molecule has 0 heterocycles. The van der Waals surface area contributed by atoms with Crippen LogP contribution in [0.4, 0.5) is 35.1 Å². The first-order chi connectivity index (χ1) is 28.7. The number of alkyl halides is 6. The second-order valence-electron chi connectivity index (χ2n) is 14.6.